The number of aromatic nitrogens is 1. The molecule has 0 bridgehead atoms. The van der Waals surface area contributed by atoms with Gasteiger partial charge in [0.25, 0.3) is 0 Å². The summed E-state index contributed by atoms with van der Waals surface area (Å²) in [6.45, 7) is 0. The molecule has 6 N–H and O–H groups in total. The SMILES string of the molecule is N=CC(=CN)c1ccncc1/C=C/C(=O)Nc1ccc(O)c(O)c1. The Morgan fingerprint density at radius 1 is 1.25 bits per heavy atom. The minimum atomic E-state index is -0.428. The molecule has 7 heteroatoms. The average Bonchev–Trinajstić information content (AvgIpc) is 2.58. The first-order chi connectivity index (χ1) is 11.5. The number of hydrogen-bond acceptors (Lipinski definition) is 6. The molecule has 24 heavy (non-hydrogen) atoms. The van der Waals surface area contributed by atoms with Gasteiger partial charge in [-0.1, -0.05) is 0 Å². The van der Waals surface area contributed by atoms with Gasteiger partial charge in [-0.3, -0.25) is 9.78 Å². The van der Waals surface area contributed by atoms with E-state index in [-0.39, 0.29) is 11.5 Å². The second kappa shape index (κ2) is 7.59. The molecule has 0 aliphatic carbocycles. The van der Waals surface area contributed by atoms with Crippen LogP contribution in [0.2, 0.25) is 0 Å². The summed E-state index contributed by atoms with van der Waals surface area (Å²) >= 11 is 0. The van der Waals surface area contributed by atoms with Gasteiger partial charge in [0, 0.05) is 53.8 Å². The van der Waals surface area contributed by atoms with Gasteiger partial charge in [-0.05, 0) is 29.8 Å². The van der Waals surface area contributed by atoms with Gasteiger partial charge in [0.15, 0.2) is 11.5 Å². The molecule has 0 aliphatic heterocycles. The number of amides is 1. The summed E-state index contributed by atoms with van der Waals surface area (Å²) in [5.41, 5.74) is 7.63. The highest BCUT2D eigenvalue weighted by molar-refractivity contribution is 6.10. The number of nitrogens with one attached hydrogen (secondary N) is 2. The zero-order chi connectivity index (χ0) is 17.5. The van der Waals surface area contributed by atoms with Gasteiger partial charge in [-0.15, -0.1) is 0 Å². The number of carbonyl (C=O) groups is 1. The zero-order valence-electron chi connectivity index (χ0n) is 12.6. The Kier molecular flexibility index (Phi) is 5.30. The molecule has 1 aromatic carbocycles. The minimum Gasteiger partial charge on any atom is -0.504 e. The number of allylic oxidation sites excluding steroid dienone is 1. The lowest BCUT2D eigenvalue weighted by molar-refractivity contribution is -0.111. The van der Waals surface area contributed by atoms with E-state index in [1.54, 1.807) is 24.5 Å². The number of carbonyl (C=O) groups excluding carboxylic acids is 1. The quantitative estimate of drug-likeness (QED) is 0.249. The number of nitrogens with zero attached hydrogens (tertiary/aromatic N) is 1. The minimum absolute atomic E-state index is 0.267. The van der Waals surface area contributed by atoms with E-state index in [9.17, 15) is 15.0 Å². The molecule has 0 unspecified atom stereocenters. The Hall–Kier alpha value is -3.61. The molecule has 0 spiro atoms. The number of anilines is 1. The molecule has 0 aliphatic rings. The maximum absolute atomic E-state index is 12.0. The van der Waals surface area contributed by atoms with Gasteiger partial charge >= 0.3 is 0 Å². The Balaban J connectivity index is 2.17. The van der Waals surface area contributed by atoms with Crippen LogP contribution in [-0.4, -0.2) is 27.3 Å². The summed E-state index contributed by atoms with van der Waals surface area (Å²) < 4.78 is 0. The molecular formula is C17H16N4O3. The van der Waals surface area contributed by atoms with E-state index in [0.29, 0.717) is 22.4 Å². The van der Waals surface area contributed by atoms with Crippen molar-refractivity contribution in [2.45, 2.75) is 0 Å². The summed E-state index contributed by atoms with van der Waals surface area (Å²) in [6.07, 6.45) is 8.38. The van der Waals surface area contributed by atoms with E-state index in [2.05, 4.69) is 10.3 Å². The van der Waals surface area contributed by atoms with Crippen LogP contribution in [0.4, 0.5) is 5.69 Å². The smallest absolute Gasteiger partial charge is 0.248 e. The molecular weight excluding hydrogens is 308 g/mol. The Morgan fingerprint density at radius 2 is 2.04 bits per heavy atom. The first kappa shape index (κ1) is 16.8. The summed E-state index contributed by atoms with van der Waals surface area (Å²) in [7, 11) is 0. The maximum Gasteiger partial charge on any atom is 0.248 e. The molecule has 1 aromatic heterocycles. The molecule has 7 nitrogen and oxygen atoms in total. The van der Waals surface area contributed by atoms with Crippen molar-refractivity contribution >= 4 is 29.5 Å². The predicted molar refractivity (Wildman–Crippen MR) is 92.6 cm³/mol. The van der Waals surface area contributed by atoms with Crippen molar-refractivity contribution in [3.63, 3.8) is 0 Å². The maximum atomic E-state index is 12.0. The highest BCUT2D eigenvalue weighted by Crippen LogP contribution is 2.27. The summed E-state index contributed by atoms with van der Waals surface area (Å²) in [5, 5.41) is 28.6. The third-order valence-electron chi connectivity index (χ3n) is 3.16. The third kappa shape index (κ3) is 3.98. The number of phenolic OH excluding ortho intramolecular Hbond substituents is 2. The normalized spacial score (nSPS) is 11.4. The van der Waals surface area contributed by atoms with Crippen LogP contribution in [-0.2, 0) is 4.79 Å². The molecule has 0 fully saturated rings. The highest BCUT2D eigenvalue weighted by Gasteiger charge is 2.05. The molecule has 1 heterocycles. The monoisotopic (exact) mass is 324 g/mol. The number of rotatable bonds is 5. The van der Waals surface area contributed by atoms with Crippen LogP contribution in [0.3, 0.4) is 0 Å². The first-order valence-corrected chi connectivity index (χ1v) is 6.93. The highest BCUT2D eigenvalue weighted by atomic mass is 16.3. The zero-order valence-corrected chi connectivity index (χ0v) is 12.6. The van der Waals surface area contributed by atoms with Crippen molar-refractivity contribution < 1.29 is 15.0 Å². The van der Waals surface area contributed by atoms with Gasteiger partial charge in [0.05, 0.1) is 0 Å². The Labute approximate surface area is 138 Å². The van der Waals surface area contributed by atoms with Crippen molar-refractivity contribution in [1.82, 2.24) is 4.98 Å². The van der Waals surface area contributed by atoms with E-state index < -0.39 is 5.91 Å². The van der Waals surface area contributed by atoms with E-state index in [1.807, 2.05) is 0 Å². The molecule has 0 atom stereocenters. The van der Waals surface area contributed by atoms with Crippen LogP contribution in [0.1, 0.15) is 11.1 Å². The second-order valence-electron chi connectivity index (χ2n) is 4.76. The molecule has 2 aromatic rings. The summed E-state index contributed by atoms with van der Waals surface area (Å²) in [6, 6.07) is 5.66. The first-order valence-electron chi connectivity index (χ1n) is 6.93. The van der Waals surface area contributed by atoms with Gasteiger partial charge < -0.3 is 26.7 Å². The van der Waals surface area contributed by atoms with E-state index >= 15 is 0 Å². The van der Waals surface area contributed by atoms with Gasteiger partial charge in [0.2, 0.25) is 5.91 Å². The fourth-order valence-corrected chi connectivity index (χ4v) is 1.97. The molecule has 0 saturated carbocycles. The molecule has 122 valence electrons. The lowest BCUT2D eigenvalue weighted by Gasteiger charge is -2.06. The molecule has 0 saturated heterocycles. The van der Waals surface area contributed by atoms with Crippen LogP contribution in [0.25, 0.3) is 11.6 Å². The van der Waals surface area contributed by atoms with Crippen molar-refractivity contribution in [2.24, 2.45) is 5.73 Å². The van der Waals surface area contributed by atoms with Gasteiger partial charge in [-0.25, -0.2) is 0 Å². The van der Waals surface area contributed by atoms with E-state index in [0.717, 1.165) is 6.21 Å². The van der Waals surface area contributed by atoms with Crippen molar-refractivity contribution in [3.8, 4) is 11.5 Å². The van der Waals surface area contributed by atoms with Crippen LogP contribution in [0, 0.1) is 5.41 Å². The number of pyridine rings is 1. The van der Waals surface area contributed by atoms with Crippen LogP contribution >= 0.6 is 0 Å². The summed E-state index contributed by atoms with van der Waals surface area (Å²) in [4.78, 5) is 15.9. The van der Waals surface area contributed by atoms with E-state index in [4.69, 9.17) is 11.1 Å². The summed E-state index contributed by atoms with van der Waals surface area (Å²) in [5.74, 6) is -1.02. The Bertz CT molecular complexity index is 828. The van der Waals surface area contributed by atoms with Crippen molar-refractivity contribution in [1.29, 1.82) is 5.41 Å². The average molecular weight is 324 g/mol. The lowest BCUT2D eigenvalue weighted by atomic mass is 10.0. The van der Waals surface area contributed by atoms with Gasteiger partial charge in [0.1, 0.15) is 0 Å². The number of nitrogens with two attached hydrogens (primary N) is 1. The number of benzene rings is 1. The van der Waals surface area contributed by atoms with Crippen LogP contribution < -0.4 is 11.1 Å². The fourth-order valence-electron chi connectivity index (χ4n) is 1.97. The van der Waals surface area contributed by atoms with E-state index in [1.165, 1.54) is 30.5 Å². The second-order valence-corrected chi connectivity index (χ2v) is 4.76. The van der Waals surface area contributed by atoms with Crippen LogP contribution in [0.15, 0.2) is 48.9 Å². The van der Waals surface area contributed by atoms with Crippen molar-refractivity contribution in [3.05, 3.63) is 60.1 Å². The molecule has 1 amide bonds. The molecule has 2 rings (SSSR count). The number of hydrogen-bond donors (Lipinski definition) is 5. The van der Waals surface area contributed by atoms with Crippen molar-refractivity contribution in [2.75, 3.05) is 5.32 Å². The number of phenols is 2. The number of aromatic hydroxyl groups is 2. The third-order valence-corrected chi connectivity index (χ3v) is 3.16. The fraction of sp³-hybridized carbons (Fsp3) is 0. The standard InChI is InChI=1S/C17H16N4O3/c18-8-12(9-19)14-5-6-20-10-11(14)1-4-17(24)21-13-2-3-15(22)16(23)7-13/h1-10,18,22-23H,19H2,(H,21,24)/b4-1+,12-9?,18-8?. The molecule has 0 radical (unpaired) electrons. The van der Waals surface area contributed by atoms with Crippen LogP contribution in [0.5, 0.6) is 11.5 Å². The Morgan fingerprint density at radius 3 is 2.71 bits per heavy atom. The van der Waals surface area contributed by atoms with Gasteiger partial charge in [-0.2, -0.15) is 0 Å². The largest absolute Gasteiger partial charge is 0.504 e. The topological polar surface area (TPSA) is 132 Å². The lowest BCUT2D eigenvalue weighted by Crippen LogP contribution is -2.07. The predicted octanol–water partition coefficient (Wildman–Crippen LogP) is 2.09.